The van der Waals surface area contributed by atoms with Crippen LogP contribution in [0.15, 0.2) is 47.3 Å². The first kappa shape index (κ1) is 22.6. The van der Waals surface area contributed by atoms with Gasteiger partial charge in [-0.3, -0.25) is 4.79 Å². The summed E-state index contributed by atoms with van der Waals surface area (Å²) in [7, 11) is 0. The highest BCUT2D eigenvalue weighted by Crippen LogP contribution is 2.33. The maximum Gasteiger partial charge on any atom is 0.322 e. The Labute approximate surface area is 202 Å². The molecule has 0 atom stereocenters. The average molecular weight is 483 g/mol. The van der Waals surface area contributed by atoms with Crippen molar-refractivity contribution in [1.82, 2.24) is 14.8 Å². The molecular formula is C25H27ClN4O4. The van der Waals surface area contributed by atoms with Crippen molar-refractivity contribution in [2.75, 3.05) is 44.7 Å². The molecule has 2 amide bonds. The quantitative estimate of drug-likeness (QED) is 0.552. The van der Waals surface area contributed by atoms with Gasteiger partial charge in [-0.15, -0.1) is 0 Å². The van der Waals surface area contributed by atoms with Gasteiger partial charge in [-0.25, -0.2) is 4.79 Å². The number of carbonyl (C=O) groups is 1. The number of benzene rings is 2. The lowest BCUT2D eigenvalue weighted by molar-refractivity contribution is 0.172. The fraction of sp³-hybridized carbons (Fsp3) is 0.360. The van der Waals surface area contributed by atoms with E-state index >= 15 is 0 Å². The van der Waals surface area contributed by atoms with Crippen LogP contribution in [0.1, 0.15) is 18.4 Å². The number of aromatic amines is 1. The van der Waals surface area contributed by atoms with Gasteiger partial charge in [0.05, 0.1) is 22.8 Å². The predicted molar refractivity (Wildman–Crippen MR) is 132 cm³/mol. The van der Waals surface area contributed by atoms with Crippen molar-refractivity contribution in [3.63, 3.8) is 0 Å². The summed E-state index contributed by atoms with van der Waals surface area (Å²) in [5, 5.41) is 4.18. The van der Waals surface area contributed by atoms with Crippen LogP contribution in [0.3, 0.4) is 0 Å². The molecule has 9 heteroatoms. The van der Waals surface area contributed by atoms with E-state index in [0.717, 1.165) is 25.0 Å². The Morgan fingerprint density at radius 3 is 2.59 bits per heavy atom. The fourth-order valence-electron chi connectivity index (χ4n) is 4.39. The summed E-state index contributed by atoms with van der Waals surface area (Å²) in [5.74, 6) is 1.27. The Balaban J connectivity index is 1.40. The van der Waals surface area contributed by atoms with Crippen molar-refractivity contribution in [1.29, 1.82) is 0 Å². The minimum atomic E-state index is -0.297. The van der Waals surface area contributed by atoms with Gasteiger partial charge in [-0.05, 0) is 50.2 Å². The van der Waals surface area contributed by atoms with E-state index in [4.69, 9.17) is 21.1 Å². The largest absolute Gasteiger partial charge is 0.486 e. The summed E-state index contributed by atoms with van der Waals surface area (Å²) >= 11 is 6.24. The molecular weight excluding hydrogens is 456 g/mol. The number of nitrogens with one attached hydrogen (secondary N) is 2. The van der Waals surface area contributed by atoms with E-state index in [1.807, 2.05) is 24.3 Å². The Bertz CT molecular complexity index is 1260. The predicted octanol–water partition coefficient (Wildman–Crippen LogP) is 4.08. The molecule has 2 aliphatic heterocycles. The summed E-state index contributed by atoms with van der Waals surface area (Å²) in [6.07, 6.45) is 2.35. The minimum absolute atomic E-state index is 0.170. The highest BCUT2D eigenvalue weighted by molar-refractivity contribution is 6.33. The lowest BCUT2D eigenvalue weighted by Gasteiger charge is -2.26. The lowest BCUT2D eigenvalue weighted by atomic mass is 10.1. The van der Waals surface area contributed by atoms with Crippen LogP contribution < -0.4 is 20.3 Å². The van der Waals surface area contributed by atoms with Crippen LogP contribution in [-0.2, 0) is 6.54 Å². The summed E-state index contributed by atoms with van der Waals surface area (Å²) < 4.78 is 11.3. The maximum absolute atomic E-state index is 13.2. The number of pyridine rings is 1. The zero-order chi connectivity index (χ0) is 23.5. The molecule has 2 aromatic carbocycles. The first-order chi connectivity index (χ1) is 16.6. The summed E-state index contributed by atoms with van der Waals surface area (Å²) in [6.45, 7) is 4.45. The Kier molecular flexibility index (Phi) is 6.60. The molecule has 3 aromatic rings. The molecule has 2 N–H and O–H groups in total. The minimum Gasteiger partial charge on any atom is -0.486 e. The Hall–Kier alpha value is -3.23. The molecule has 5 rings (SSSR count). The zero-order valence-corrected chi connectivity index (χ0v) is 19.6. The molecule has 3 heterocycles. The Morgan fingerprint density at radius 2 is 1.82 bits per heavy atom. The molecule has 0 bridgehead atoms. The van der Waals surface area contributed by atoms with Gasteiger partial charge in [-0.1, -0.05) is 23.7 Å². The van der Waals surface area contributed by atoms with Crippen LogP contribution in [0, 0.1) is 0 Å². The average Bonchev–Trinajstić information content (AvgIpc) is 3.36. The number of H-pyrrole nitrogens is 1. The third-order valence-corrected chi connectivity index (χ3v) is 6.56. The number of anilines is 1. The van der Waals surface area contributed by atoms with Gasteiger partial charge in [0.25, 0.3) is 5.56 Å². The van der Waals surface area contributed by atoms with E-state index < -0.39 is 0 Å². The molecule has 8 nitrogen and oxygen atoms in total. The molecule has 0 aliphatic carbocycles. The Morgan fingerprint density at radius 1 is 1.09 bits per heavy atom. The number of urea groups is 1. The number of hydrogen-bond donors (Lipinski definition) is 2. The molecule has 34 heavy (non-hydrogen) atoms. The van der Waals surface area contributed by atoms with Gasteiger partial charge < -0.3 is 29.6 Å². The van der Waals surface area contributed by atoms with Crippen LogP contribution in [0.5, 0.6) is 11.5 Å². The lowest BCUT2D eigenvalue weighted by Crippen LogP contribution is -2.41. The van der Waals surface area contributed by atoms with Crippen molar-refractivity contribution >= 4 is 34.2 Å². The van der Waals surface area contributed by atoms with Crippen LogP contribution in [0.2, 0.25) is 5.02 Å². The number of amides is 2. The number of aromatic nitrogens is 1. The number of fused-ring (bicyclic) bond motifs is 2. The topological polar surface area (TPSA) is 86.9 Å². The molecule has 1 saturated heterocycles. The van der Waals surface area contributed by atoms with Crippen molar-refractivity contribution in [2.45, 2.75) is 19.4 Å². The van der Waals surface area contributed by atoms with Gasteiger partial charge in [0.1, 0.15) is 13.2 Å². The number of halogens is 1. The number of hydrogen-bond acceptors (Lipinski definition) is 5. The van der Waals surface area contributed by atoms with Crippen LogP contribution in [0.4, 0.5) is 10.5 Å². The van der Waals surface area contributed by atoms with E-state index in [0.29, 0.717) is 53.0 Å². The smallest absolute Gasteiger partial charge is 0.322 e. The van der Waals surface area contributed by atoms with Crippen molar-refractivity contribution in [2.24, 2.45) is 0 Å². The maximum atomic E-state index is 13.2. The van der Waals surface area contributed by atoms with E-state index in [-0.39, 0.29) is 18.1 Å². The number of ether oxygens (including phenoxy) is 2. The van der Waals surface area contributed by atoms with Crippen LogP contribution in [0.25, 0.3) is 10.9 Å². The molecule has 0 saturated carbocycles. The SMILES string of the molecule is O=C(Nc1ccccc1Cl)N(CCN1CCCC1)Cc1cc2cc3c(cc2[nH]c1=O)OCCO3. The number of carbonyl (C=O) groups excluding carboxylic acids is 1. The van der Waals surface area contributed by atoms with Crippen molar-refractivity contribution in [3.05, 3.63) is 63.4 Å². The normalized spacial score (nSPS) is 15.4. The van der Waals surface area contributed by atoms with Crippen molar-refractivity contribution < 1.29 is 14.3 Å². The van der Waals surface area contributed by atoms with E-state index in [1.54, 1.807) is 23.1 Å². The molecule has 1 fully saturated rings. The molecule has 0 unspecified atom stereocenters. The van der Waals surface area contributed by atoms with Gasteiger partial charge in [0, 0.05) is 30.1 Å². The second kappa shape index (κ2) is 9.95. The molecule has 178 valence electrons. The third kappa shape index (κ3) is 4.98. The summed E-state index contributed by atoms with van der Waals surface area (Å²) in [4.78, 5) is 33.1. The number of likely N-dealkylation sites (tertiary alicyclic amines) is 1. The first-order valence-corrected chi connectivity index (χ1v) is 11.9. The number of rotatable bonds is 6. The first-order valence-electron chi connectivity index (χ1n) is 11.6. The van der Waals surface area contributed by atoms with E-state index in [1.165, 1.54) is 12.8 Å². The standard InChI is InChI=1S/C25H27ClN4O4/c26-19-5-1-2-6-20(19)28-25(32)30(10-9-29-7-3-4-8-29)16-18-13-17-14-22-23(34-12-11-33-22)15-21(17)27-24(18)31/h1-2,5-6,13-15H,3-4,7-12,16H2,(H,27,31)(H,28,32). The highest BCUT2D eigenvalue weighted by Gasteiger charge is 2.21. The molecule has 0 spiro atoms. The van der Waals surface area contributed by atoms with Crippen LogP contribution in [-0.4, -0.2) is 60.2 Å². The molecule has 1 aromatic heterocycles. The van der Waals surface area contributed by atoms with E-state index in [2.05, 4.69) is 15.2 Å². The fourth-order valence-corrected chi connectivity index (χ4v) is 4.57. The second-order valence-corrected chi connectivity index (χ2v) is 8.99. The highest BCUT2D eigenvalue weighted by atomic mass is 35.5. The van der Waals surface area contributed by atoms with Crippen LogP contribution >= 0.6 is 11.6 Å². The molecule has 0 radical (unpaired) electrons. The zero-order valence-electron chi connectivity index (χ0n) is 18.8. The monoisotopic (exact) mass is 482 g/mol. The molecule has 2 aliphatic rings. The van der Waals surface area contributed by atoms with Crippen molar-refractivity contribution in [3.8, 4) is 11.5 Å². The number of nitrogens with zero attached hydrogens (tertiary/aromatic N) is 2. The third-order valence-electron chi connectivity index (χ3n) is 6.23. The summed E-state index contributed by atoms with van der Waals surface area (Å²) in [6, 6.07) is 12.3. The van der Waals surface area contributed by atoms with Gasteiger partial charge in [0.2, 0.25) is 0 Å². The van der Waals surface area contributed by atoms with E-state index in [9.17, 15) is 9.59 Å². The van der Waals surface area contributed by atoms with Gasteiger partial charge >= 0.3 is 6.03 Å². The number of para-hydroxylation sites is 1. The van der Waals surface area contributed by atoms with Gasteiger partial charge in [-0.2, -0.15) is 0 Å². The summed E-state index contributed by atoms with van der Waals surface area (Å²) in [5.41, 5.74) is 1.47. The second-order valence-electron chi connectivity index (χ2n) is 8.59. The van der Waals surface area contributed by atoms with Gasteiger partial charge in [0.15, 0.2) is 11.5 Å².